The van der Waals surface area contributed by atoms with Gasteiger partial charge in [0.05, 0.1) is 42.5 Å². The molecule has 8 nitrogen and oxygen atoms in total. The molecule has 0 bridgehead atoms. The van der Waals surface area contributed by atoms with E-state index in [1.54, 1.807) is 6.07 Å². The standard InChI is InChI=1S/C32H27F3N8/c1-32(2,3)18-39-30-21(14-37)15-38-29-20(13-36)11-23(12-24(29)30)40-31(19-7-9-22(33)10-8-19)28-17-43(42-41-28)16-25-26(34)5-4-6-27(25)35/h4-12,15,17,31,40H,16,18H2,1-3H3,(H,38,39)/i31D. The van der Waals surface area contributed by atoms with Crippen molar-refractivity contribution in [3.63, 3.8) is 0 Å². The molecular weight excluding hydrogens is 553 g/mol. The van der Waals surface area contributed by atoms with E-state index in [1.807, 2.05) is 20.8 Å². The van der Waals surface area contributed by atoms with Gasteiger partial charge in [-0.05, 0) is 47.4 Å². The monoisotopic (exact) mass is 581 g/mol. The molecule has 0 fully saturated rings. The van der Waals surface area contributed by atoms with Crippen molar-refractivity contribution in [2.45, 2.75) is 33.3 Å². The van der Waals surface area contributed by atoms with E-state index >= 15 is 0 Å². The van der Waals surface area contributed by atoms with E-state index in [0.29, 0.717) is 28.8 Å². The Morgan fingerprint density at radius 1 is 1.00 bits per heavy atom. The topological polar surface area (TPSA) is 115 Å². The molecule has 0 aliphatic heterocycles. The SMILES string of the molecule is [2H]C(Nc1cc(C#N)c2ncc(C#N)c(NCC(C)(C)C)c2c1)(c1ccc(F)cc1)c1cn(Cc2c(F)cccc2F)nn1. The number of anilines is 2. The molecule has 1 atom stereocenters. The molecule has 43 heavy (non-hydrogen) atoms. The lowest BCUT2D eigenvalue weighted by atomic mass is 9.96. The highest BCUT2D eigenvalue weighted by Crippen LogP contribution is 2.34. The number of nitriles is 2. The van der Waals surface area contributed by atoms with Crippen molar-refractivity contribution in [1.29, 1.82) is 10.5 Å². The molecule has 0 radical (unpaired) electrons. The highest BCUT2D eigenvalue weighted by atomic mass is 19.1. The minimum absolute atomic E-state index is 0.0365. The average Bonchev–Trinajstić information content (AvgIpc) is 3.46. The minimum atomic E-state index is -1.90. The van der Waals surface area contributed by atoms with Crippen LogP contribution in [-0.4, -0.2) is 26.5 Å². The molecule has 5 rings (SSSR count). The third-order valence-corrected chi connectivity index (χ3v) is 6.59. The van der Waals surface area contributed by atoms with Crippen LogP contribution < -0.4 is 10.6 Å². The summed E-state index contributed by atoms with van der Waals surface area (Å²) in [5.74, 6) is -2.02. The normalized spacial score (nSPS) is 13.1. The highest BCUT2D eigenvalue weighted by molar-refractivity contribution is 5.99. The number of aromatic nitrogens is 4. The van der Waals surface area contributed by atoms with Crippen LogP contribution in [0, 0.1) is 45.5 Å². The molecule has 2 heterocycles. The lowest BCUT2D eigenvalue weighted by Crippen LogP contribution is -2.20. The fourth-order valence-corrected chi connectivity index (χ4v) is 4.47. The van der Waals surface area contributed by atoms with Gasteiger partial charge in [0, 0.05) is 29.4 Å². The Balaban J connectivity index is 1.63. The number of nitrogens with one attached hydrogen (secondary N) is 2. The Morgan fingerprint density at radius 3 is 2.35 bits per heavy atom. The maximum Gasteiger partial charge on any atom is 0.131 e. The van der Waals surface area contributed by atoms with E-state index in [-0.39, 0.29) is 39.9 Å². The number of pyridine rings is 1. The van der Waals surface area contributed by atoms with E-state index in [0.717, 1.165) is 12.1 Å². The summed E-state index contributed by atoms with van der Waals surface area (Å²) in [4.78, 5) is 4.36. The van der Waals surface area contributed by atoms with Gasteiger partial charge < -0.3 is 10.6 Å². The fraction of sp³-hybridized carbons (Fsp3) is 0.219. The van der Waals surface area contributed by atoms with Gasteiger partial charge in [-0.25, -0.2) is 17.9 Å². The van der Waals surface area contributed by atoms with Crippen LogP contribution in [0.5, 0.6) is 0 Å². The van der Waals surface area contributed by atoms with Gasteiger partial charge in [0.1, 0.15) is 35.3 Å². The van der Waals surface area contributed by atoms with Crippen molar-refractivity contribution in [2.75, 3.05) is 17.2 Å². The summed E-state index contributed by atoms with van der Waals surface area (Å²) in [5.41, 5.74) is 1.58. The molecule has 0 spiro atoms. The lowest BCUT2D eigenvalue weighted by molar-refractivity contribution is 0.443. The van der Waals surface area contributed by atoms with Crippen molar-refractivity contribution >= 4 is 22.3 Å². The quantitative estimate of drug-likeness (QED) is 0.210. The molecule has 3 aromatic carbocycles. The maximum atomic E-state index is 14.3. The largest absolute Gasteiger partial charge is 0.383 e. The first-order valence-electron chi connectivity index (χ1n) is 13.8. The smallest absolute Gasteiger partial charge is 0.131 e. The zero-order valence-electron chi connectivity index (χ0n) is 24.6. The lowest BCUT2D eigenvalue weighted by Gasteiger charge is -2.22. The van der Waals surface area contributed by atoms with E-state index in [4.69, 9.17) is 0 Å². The summed E-state index contributed by atoms with van der Waals surface area (Å²) in [6, 6.07) is 14.3. The maximum absolute atomic E-state index is 14.3. The summed E-state index contributed by atoms with van der Waals surface area (Å²) in [5, 5.41) is 34.9. The number of nitrogens with zero attached hydrogens (tertiary/aromatic N) is 6. The van der Waals surface area contributed by atoms with Gasteiger partial charge in [0.25, 0.3) is 0 Å². The van der Waals surface area contributed by atoms with E-state index in [1.165, 1.54) is 53.5 Å². The second-order valence-corrected chi connectivity index (χ2v) is 11.1. The zero-order valence-corrected chi connectivity index (χ0v) is 23.6. The molecule has 0 aliphatic carbocycles. The number of rotatable bonds is 8. The van der Waals surface area contributed by atoms with Crippen LogP contribution in [0.1, 0.15) is 56.1 Å². The summed E-state index contributed by atoms with van der Waals surface area (Å²) < 4.78 is 53.3. The molecule has 0 aliphatic rings. The number of hydrogen-bond donors (Lipinski definition) is 2. The van der Waals surface area contributed by atoms with Crippen molar-refractivity contribution in [3.8, 4) is 12.1 Å². The highest BCUT2D eigenvalue weighted by Gasteiger charge is 2.22. The van der Waals surface area contributed by atoms with Gasteiger partial charge in [0.15, 0.2) is 0 Å². The van der Waals surface area contributed by atoms with Gasteiger partial charge in [-0.1, -0.05) is 44.2 Å². The fourth-order valence-electron chi connectivity index (χ4n) is 4.47. The summed E-state index contributed by atoms with van der Waals surface area (Å²) in [7, 11) is 0. The minimum Gasteiger partial charge on any atom is -0.383 e. The van der Waals surface area contributed by atoms with Gasteiger partial charge in [-0.3, -0.25) is 4.98 Å². The molecule has 0 saturated heterocycles. The first-order chi connectivity index (χ1) is 20.9. The molecule has 5 aromatic rings. The predicted molar refractivity (Wildman–Crippen MR) is 156 cm³/mol. The molecule has 0 amide bonds. The average molecular weight is 582 g/mol. The Kier molecular flexibility index (Phi) is 7.63. The number of benzene rings is 3. The molecule has 216 valence electrons. The van der Waals surface area contributed by atoms with Gasteiger partial charge >= 0.3 is 0 Å². The summed E-state index contributed by atoms with van der Waals surface area (Å²) in [6.07, 6.45) is 2.78. The van der Waals surface area contributed by atoms with Crippen LogP contribution in [0.15, 0.2) is 67.0 Å². The third kappa shape index (κ3) is 6.41. The molecule has 11 heteroatoms. The van der Waals surface area contributed by atoms with E-state index < -0.39 is 23.5 Å². The van der Waals surface area contributed by atoms with Gasteiger partial charge in [-0.2, -0.15) is 10.5 Å². The summed E-state index contributed by atoms with van der Waals surface area (Å²) >= 11 is 0. The zero-order chi connectivity index (χ0) is 31.6. The van der Waals surface area contributed by atoms with Crippen molar-refractivity contribution in [2.24, 2.45) is 5.41 Å². The van der Waals surface area contributed by atoms with Crippen LogP contribution in [0.4, 0.5) is 24.5 Å². The second-order valence-electron chi connectivity index (χ2n) is 11.1. The Bertz CT molecular complexity index is 1920. The van der Waals surface area contributed by atoms with Crippen LogP contribution in [0.25, 0.3) is 10.9 Å². The Hall–Kier alpha value is -5.42. The predicted octanol–water partition coefficient (Wildman–Crippen LogP) is 6.69. The van der Waals surface area contributed by atoms with Crippen LogP contribution >= 0.6 is 0 Å². The molecule has 1 unspecified atom stereocenters. The van der Waals surface area contributed by atoms with E-state index in [9.17, 15) is 25.1 Å². The molecular formula is C32H27F3N8. The second kappa shape index (κ2) is 11.8. The van der Waals surface area contributed by atoms with Gasteiger partial charge in [-0.15, -0.1) is 5.10 Å². The number of fused-ring (bicyclic) bond motifs is 1. The van der Waals surface area contributed by atoms with Crippen molar-refractivity contribution < 1.29 is 14.5 Å². The van der Waals surface area contributed by atoms with E-state index in [2.05, 4.69) is 38.1 Å². The first kappa shape index (κ1) is 27.7. The first-order valence-corrected chi connectivity index (χ1v) is 13.3. The van der Waals surface area contributed by atoms with Crippen LogP contribution in [-0.2, 0) is 6.54 Å². The number of hydrogen-bond acceptors (Lipinski definition) is 7. The van der Waals surface area contributed by atoms with Crippen LogP contribution in [0.2, 0.25) is 0 Å². The number of halogens is 3. The van der Waals surface area contributed by atoms with Crippen LogP contribution in [0.3, 0.4) is 0 Å². The third-order valence-electron chi connectivity index (χ3n) is 6.59. The van der Waals surface area contributed by atoms with Crippen molar-refractivity contribution in [1.82, 2.24) is 20.0 Å². The summed E-state index contributed by atoms with van der Waals surface area (Å²) in [6.45, 7) is 6.34. The Labute approximate surface area is 247 Å². The Morgan fingerprint density at radius 2 is 1.70 bits per heavy atom. The van der Waals surface area contributed by atoms with Gasteiger partial charge in [0.2, 0.25) is 0 Å². The van der Waals surface area contributed by atoms with Crippen molar-refractivity contribution in [3.05, 3.63) is 112 Å². The molecule has 0 saturated carbocycles. The molecule has 2 aromatic heterocycles. The molecule has 2 N–H and O–H groups in total.